The van der Waals surface area contributed by atoms with Gasteiger partial charge in [0.05, 0.1) is 18.8 Å². The average Bonchev–Trinajstić information content (AvgIpc) is 2.91. The maximum absolute atomic E-state index is 10.2. The van der Waals surface area contributed by atoms with Gasteiger partial charge in [-0.3, -0.25) is 4.79 Å². The van der Waals surface area contributed by atoms with E-state index in [0.29, 0.717) is 13.0 Å². The third kappa shape index (κ3) is 14.4. The van der Waals surface area contributed by atoms with Gasteiger partial charge in [0, 0.05) is 6.42 Å². The molecule has 8 nitrogen and oxygen atoms in total. The van der Waals surface area contributed by atoms with E-state index >= 15 is 0 Å². The largest absolute Gasteiger partial charge is 0.463 e. The van der Waals surface area contributed by atoms with Gasteiger partial charge in [-0.2, -0.15) is 0 Å². The summed E-state index contributed by atoms with van der Waals surface area (Å²) in [6.07, 6.45) is 1.39. The predicted molar refractivity (Wildman–Crippen MR) is 95.1 cm³/mol. The molecule has 26 heavy (non-hydrogen) atoms. The van der Waals surface area contributed by atoms with Gasteiger partial charge < -0.3 is 34.3 Å². The molecule has 2 heterocycles. The van der Waals surface area contributed by atoms with Crippen LogP contribution >= 0.6 is 0 Å². The highest BCUT2D eigenvalue weighted by Gasteiger charge is 2.37. The molecular weight excluding hydrogens is 344 g/mol. The van der Waals surface area contributed by atoms with Crippen LogP contribution in [-0.4, -0.2) is 63.6 Å². The van der Waals surface area contributed by atoms with Crippen molar-refractivity contribution in [2.75, 3.05) is 6.61 Å². The average molecular weight is 380 g/mol. The number of rotatable bonds is 3. The molecule has 0 bridgehead atoms. The van der Waals surface area contributed by atoms with E-state index in [2.05, 4.69) is 0 Å². The Kier molecular flexibility index (Phi) is 9.67. The van der Waals surface area contributed by atoms with Crippen molar-refractivity contribution in [2.45, 2.75) is 104 Å². The lowest BCUT2D eigenvalue weighted by molar-refractivity contribution is -0.230. The third-order valence-electron chi connectivity index (χ3n) is 3.12. The van der Waals surface area contributed by atoms with Crippen LogP contribution in [0, 0.1) is 0 Å². The predicted octanol–water partition coefficient (Wildman–Crippen LogP) is 1.69. The molecule has 0 spiro atoms. The van der Waals surface area contributed by atoms with Crippen molar-refractivity contribution in [1.29, 1.82) is 0 Å². The maximum atomic E-state index is 10.2. The SMILES string of the molecule is CC(C)(O)O.CC(OC(C)(C)O)C1COC(C)(C)O1.CC1CCC(=O)O1. The van der Waals surface area contributed by atoms with E-state index in [-0.39, 0.29) is 24.3 Å². The fraction of sp³-hybridized carbons (Fsp3) is 0.944. The van der Waals surface area contributed by atoms with Crippen molar-refractivity contribution in [2.24, 2.45) is 0 Å². The smallest absolute Gasteiger partial charge is 0.306 e. The summed E-state index contributed by atoms with van der Waals surface area (Å²) in [6, 6.07) is 0. The molecular formula is C18H36O8. The Morgan fingerprint density at radius 1 is 1.19 bits per heavy atom. The summed E-state index contributed by atoms with van der Waals surface area (Å²) in [5.74, 6) is -3.22. The molecule has 2 saturated heterocycles. The fourth-order valence-corrected chi connectivity index (χ4v) is 2.14. The lowest BCUT2D eigenvalue weighted by atomic mass is 10.2. The standard InChI is InChI=1S/C10H20O4.C5H8O2.C3H8O2/c1-7(13-9(2,3)11)8-6-12-10(4,5)14-8;1-4-2-3-5(6)7-4;1-3(2,4)5/h7-8,11H,6H2,1-5H3;4H,2-3H2,1H3;4-5H,1-2H3. The molecule has 0 amide bonds. The maximum Gasteiger partial charge on any atom is 0.306 e. The number of cyclic esters (lactones) is 1. The van der Waals surface area contributed by atoms with Crippen molar-refractivity contribution in [3.63, 3.8) is 0 Å². The Balaban J connectivity index is 0.000000431. The molecule has 2 rings (SSSR count). The van der Waals surface area contributed by atoms with Gasteiger partial charge >= 0.3 is 5.97 Å². The molecule has 0 aromatic carbocycles. The first-order valence-electron chi connectivity index (χ1n) is 8.85. The van der Waals surface area contributed by atoms with Crippen molar-refractivity contribution in [1.82, 2.24) is 0 Å². The second-order valence-corrected chi connectivity index (χ2v) is 7.97. The van der Waals surface area contributed by atoms with Crippen LogP contribution in [0.25, 0.3) is 0 Å². The number of hydrogen-bond acceptors (Lipinski definition) is 8. The van der Waals surface area contributed by atoms with Crippen LogP contribution in [0.5, 0.6) is 0 Å². The van der Waals surface area contributed by atoms with Crippen LogP contribution in [0.2, 0.25) is 0 Å². The molecule has 156 valence electrons. The Hall–Kier alpha value is -0.770. The van der Waals surface area contributed by atoms with Crippen LogP contribution < -0.4 is 0 Å². The molecule has 0 radical (unpaired) electrons. The molecule has 3 atom stereocenters. The molecule has 8 heteroatoms. The van der Waals surface area contributed by atoms with Gasteiger partial charge in [0.15, 0.2) is 17.4 Å². The Labute approximate surface area is 156 Å². The quantitative estimate of drug-likeness (QED) is 0.500. The highest BCUT2D eigenvalue weighted by molar-refractivity contribution is 5.71. The zero-order chi connectivity index (χ0) is 20.8. The van der Waals surface area contributed by atoms with Gasteiger partial charge in [-0.15, -0.1) is 0 Å². The van der Waals surface area contributed by atoms with Crippen LogP contribution in [0.15, 0.2) is 0 Å². The van der Waals surface area contributed by atoms with Gasteiger partial charge in [0.1, 0.15) is 6.10 Å². The van der Waals surface area contributed by atoms with Crippen LogP contribution in [0.1, 0.15) is 68.2 Å². The number of aliphatic hydroxyl groups is 3. The van der Waals surface area contributed by atoms with Crippen molar-refractivity contribution in [3.8, 4) is 0 Å². The lowest BCUT2D eigenvalue weighted by Gasteiger charge is -2.27. The van der Waals surface area contributed by atoms with E-state index in [1.165, 1.54) is 13.8 Å². The summed E-state index contributed by atoms with van der Waals surface area (Å²) >= 11 is 0. The van der Waals surface area contributed by atoms with E-state index in [1.807, 2.05) is 27.7 Å². The number of esters is 1. The first-order valence-corrected chi connectivity index (χ1v) is 8.85. The fourth-order valence-electron chi connectivity index (χ4n) is 2.14. The summed E-state index contributed by atoms with van der Waals surface area (Å²) < 4.78 is 21.1. The molecule has 2 aliphatic rings. The number of ether oxygens (including phenoxy) is 4. The molecule has 0 aromatic heterocycles. The molecule has 3 N–H and O–H groups in total. The zero-order valence-electron chi connectivity index (χ0n) is 17.2. The Morgan fingerprint density at radius 3 is 1.92 bits per heavy atom. The van der Waals surface area contributed by atoms with E-state index < -0.39 is 17.4 Å². The summed E-state index contributed by atoms with van der Waals surface area (Å²) in [4.78, 5) is 10.2. The van der Waals surface area contributed by atoms with E-state index in [0.717, 1.165) is 6.42 Å². The highest BCUT2D eigenvalue weighted by atomic mass is 16.8. The summed E-state index contributed by atoms with van der Waals surface area (Å²) in [6.45, 7) is 13.8. The summed E-state index contributed by atoms with van der Waals surface area (Å²) in [5.41, 5.74) is 0. The van der Waals surface area contributed by atoms with Crippen LogP contribution in [-0.2, 0) is 23.7 Å². The summed E-state index contributed by atoms with van der Waals surface area (Å²) in [7, 11) is 0. The van der Waals surface area contributed by atoms with E-state index in [4.69, 9.17) is 29.2 Å². The van der Waals surface area contributed by atoms with Gasteiger partial charge in [-0.1, -0.05) is 0 Å². The van der Waals surface area contributed by atoms with Crippen molar-refractivity contribution in [3.05, 3.63) is 0 Å². The molecule has 0 saturated carbocycles. The second kappa shape index (κ2) is 9.96. The Morgan fingerprint density at radius 2 is 1.69 bits per heavy atom. The summed E-state index contributed by atoms with van der Waals surface area (Å²) in [5, 5.41) is 25.6. The number of hydrogen-bond donors (Lipinski definition) is 3. The minimum Gasteiger partial charge on any atom is -0.463 e. The van der Waals surface area contributed by atoms with Gasteiger partial charge in [0.25, 0.3) is 0 Å². The Bertz CT molecular complexity index is 416. The first-order chi connectivity index (χ1) is 11.5. The van der Waals surface area contributed by atoms with Crippen LogP contribution in [0.3, 0.4) is 0 Å². The highest BCUT2D eigenvalue weighted by Crippen LogP contribution is 2.26. The number of carbonyl (C=O) groups is 1. The van der Waals surface area contributed by atoms with E-state index in [1.54, 1.807) is 13.8 Å². The lowest BCUT2D eigenvalue weighted by Crippen LogP contribution is -2.37. The van der Waals surface area contributed by atoms with Gasteiger partial charge in [0.2, 0.25) is 0 Å². The molecule has 0 aliphatic carbocycles. The second-order valence-electron chi connectivity index (χ2n) is 7.97. The van der Waals surface area contributed by atoms with Crippen molar-refractivity contribution >= 4 is 5.97 Å². The minimum atomic E-state index is -1.50. The normalized spacial score (nSPS) is 26.2. The third-order valence-corrected chi connectivity index (χ3v) is 3.12. The van der Waals surface area contributed by atoms with E-state index in [9.17, 15) is 9.90 Å². The topological polar surface area (TPSA) is 115 Å². The number of carbonyl (C=O) groups excluding carboxylic acids is 1. The zero-order valence-corrected chi connectivity index (χ0v) is 17.2. The van der Waals surface area contributed by atoms with Crippen LogP contribution in [0.4, 0.5) is 0 Å². The monoisotopic (exact) mass is 380 g/mol. The van der Waals surface area contributed by atoms with Crippen molar-refractivity contribution < 1.29 is 39.1 Å². The van der Waals surface area contributed by atoms with Gasteiger partial charge in [-0.25, -0.2) is 0 Å². The van der Waals surface area contributed by atoms with Gasteiger partial charge in [-0.05, 0) is 61.8 Å². The minimum absolute atomic E-state index is 0.0486. The molecule has 0 aromatic rings. The molecule has 3 unspecified atom stereocenters. The molecule has 2 aliphatic heterocycles. The first kappa shape index (κ1) is 25.2. The molecule has 2 fully saturated rings.